The number of rotatable bonds is 6. The normalized spacial score (nSPS) is 11.8. The minimum absolute atomic E-state index is 0.212. The second kappa shape index (κ2) is 7.16. The van der Waals surface area contributed by atoms with Crippen molar-refractivity contribution in [3.8, 4) is 5.75 Å². The molecular weight excluding hydrogens is 312 g/mol. The summed E-state index contributed by atoms with van der Waals surface area (Å²) in [6, 6.07) is 5.80. The van der Waals surface area contributed by atoms with E-state index in [1.165, 1.54) is 18.9 Å². The Hall–Kier alpha value is -2.83. The highest BCUT2D eigenvalue weighted by atomic mass is 16.5. The average Bonchev–Trinajstić information content (AvgIpc) is 2.89. The maximum absolute atomic E-state index is 12.6. The third-order valence-corrected chi connectivity index (χ3v) is 3.93. The van der Waals surface area contributed by atoms with Gasteiger partial charge in [0, 0.05) is 7.05 Å². The largest absolute Gasteiger partial charge is 0.488 e. The third-order valence-electron chi connectivity index (χ3n) is 3.93. The van der Waals surface area contributed by atoms with Crippen molar-refractivity contribution in [3.05, 3.63) is 46.8 Å². The van der Waals surface area contributed by atoms with E-state index >= 15 is 0 Å². The summed E-state index contributed by atoms with van der Waals surface area (Å²) in [5.74, 6) is -0.445. The van der Waals surface area contributed by atoms with Crippen LogP contribution in [-0.4, -0.2) is 40.1 Å². The zero-order valence-corrected chi connectivity index (χ0v) is 14.1. The van der Waals surface area contributed by atoms with Gasteiger partial charge in [-0.25, -0.2) is 4.79 Å². The number of likely N-dealkylation sites (N-methyl/N-ethyl adjacent to an activating group) is 1. The number of carboxylic acids is 1. The summed E-state index contributed by atoms with van der Waals surface area (Å²) in [4.78, 5) is 24.8. The van der Waals surface area contributed by atoms with E-state index in [2.05, 4.69) is 5.16 Å². The molecule has 7 heteroatoms. The molecular formula is C17H20N2O5. The molecule has 0 fully saturated rings. The molecule has 1 atom stereocenters. The van der Waals surface area contributed by atoms with Crippen LogP contribution in [0.4, 0.5) is 0 Å². The fraction of sp³-hybridized carbons (Fsp3) is 0.353. The molecule has 0 bridgehead atoms. The van der Waals surface area contributed by atoms with Crippen LogP contribution in [0.15, 0.2) is 28.8 Å². The molecule has 128 valence electrons. The summed E-state index contributed by atoms with van der Waals surface area (Å²) >= 11 is 0. The summed E-state index contributed by atoms with van der Waals surface area (Å²) in [5, 5.41) is 12.9. The lowest BCUT2D eigenvalue weighted by Crippen LogP contribution is -2.40. The second-order valence-electron chi connectivity index (χ2n) is 5.52. The Morgan fingerprint density at radius 1 is 1.33 bits per heavy atom. The fourth-order valence-corrected chi connectivity index (χ4v) is 2.16. The number of aromatic nitrogens is 1. The van der Waals surface area contributed by atoms with Crippen LogP contribution in [-0.2, 0) is 11.4 Å². The molecule has 0 aliphatic rings. The Kier molecular flexibility index (Phi) is 5.23. The smallest absolute Gasteiger partial charge is 0.326 e. The Morgan fingerprint density at radius 2 is 2.00 bits per heavy atom. The maximum Gasteiger partial charge on any atom is 0.326 e. The molecule has 24 heavy (non-hydrogen) atoms. The van der Waals surface area contributed by atoms with Gasteiger partial charge in [0.05, 0.1) is 16.8 Å². The summed E-state index contributed by atoms with van der Waals surface area (Å²) in [5.41, 5.74) is 1.86. The average molecular weight is 332 g/mol. The maximum atomic E-state index is 12.6. The summed E-state index contributed by atoms with van der Waals surface area (Å²) < 4.78 is 10.8. The minimum atomic E-state index is -1.07. The molecule has 1 N–H and O–H groups in total. The highest BCUT2D eigenvalue weighted by Crippen LogP contribution is 2.23. The lowest BCUT2D eigenvalue weighted by Gasteiger charge is -2.22. The Morgan fingerprint density at radius 3 is 2.58 bits per heavy atom. The molecule has 0 aliphatic heterocycles. The molecule has 1 aromatic heterocycles. The van der Waals surface area contributed by atoms with E-state index in [9.17, 15) is 9.59 Å². The molecule has 0 saturated carbocycles. The summed E-state index contributed by atoms with van der Waals surface area (Å²) in [6.45, 7) is 5.27. The number of para-hydroxylation sites is 1. The first kappa shape index (κ1) is 17.5. The number of benzene rings is 1. The van der Waals surface area contributed by atoms with Crippen LogP contribution < -0.4 is 4.74 Å². The van der Waals surface area contributed by atoms with Crippen molar-refractivity contribution in [2.24, 2.45) is 0 Å². The first-order valence-electron chi connectivity index (χ1n) is 7.46. The van der Waals surface area contributed by atoms with Crippen LogP contribution in [0.25, 0.3) is 0 Å². The van der Waals surface area contributed by atoms with Crippen molar-refractivity contribution < 1.29 is 24.0 Å². The van der Waals surface area contributed by atoms with Crippen molar-refractivity contribution in [1.29, 1.82) is 0 Å². The minimum Gasteiger partial charge on any atom is -0.488 e. The Balaban J connectivity index is 2.21. The van der Waals surface area contributed by atoms with Gasteiger partial charge in [0.2, 0.25) is 0 Å². The molecule has 1 heterocycles. The van der Waals surface area contributed by atoms with E-state index in [4.69, 9.17) is 14.4 Å². The number of hydrogen-bond acceptors (Lipinski definition) is 5. The van der Waals surface area contributed by atoms with Crippen LogP contribution in [0, 0.1) is 13.8 Å². The predicted octanol–water partition coefficient (Wildman–Crippen LogP) is 2.42. The van der Waals surface area contributed by atoms with Crippen molar-refractivity contribution >= 4 is 11.9 Å². The highest BCUT2D eigenvalue weighted by Gasteiger charge is 2.25. The second-order valence-corrected chi connectivity index (χ2v) is 5.52. The SMILES string of the molecule is Cc1noc(C)c1COc1ccccc1C(=O)N(C)C(C)C(=O)O. The van der Waals surface area contributed by atoms with Crippen LogP contribution >= 0.6 is 0 Å². The van der Waals surface area contributed by atoms with Crippen molar-refractivity contribution in [2.45, 2.75) is 33.4 Å². The van der Waals surface area contributed by atoms with E-state index in [-0.39, 0.29) is 6.61 Å². The van der Waals surface area contributed by atoms with Gasteiger partial charge in [-0.2, -0.15) is 0 Å². The van der Waals surface area contributed by atoms with Gasteiger partial charge in [-0.3, -0.25) is 4.79 Å². The van der Waals surface area contributed by atoms with Gasteiger partial charge in [-0.15, -0.1) is 0 Å². The van der Waals surface area contributed by atoms with E-state index in [0.717, 1.165) is 11.3 Å². The van der Waals surface area contributed by atoms with E-state index in [0.29, 0.717) is 17.1 Å². The van der Waals surface area contributed by atoms with Gasteiger partial charge < -0.3 is 19.3 Å². The number of carbonyl (C=O) groups is 2. The number of aryl methyl sites for hydroxylation is 2. The molecule has 2 rings (SSSR count). The number of amides is 1. The molecule has 0 saturated heterocycles. The van der Waals surface area contributed by atoms with E-state index in [1.807, 2.05) is 6.92 Å². The quantitative estimate of drug-likeness (QED) is 0.873. The lowest BCUT2D eigenvalue weighted by molar-refractivity contribution is -0.141. The standard InChI is InChI=1S/C17H20N2O5/c1-10-14(12(3)24-18-10)9-23-15-8-6-5-7-13(15)16(20)19(4)11(2)17(21)22/h5-8,11H,9H2,1-4H3,(H,21,22). The number of carboxylic acid groups (broad SMARTS) is 1. The third kappa shape index (κ3) is 3.56. The number of nitrogens with zero attached hydrogens (tertiary/aromatic N) is 2. The van der Waals surface area contributed by atoms with Crippen molar-refractivity contribution in [3.63, 3.8) is 0 Å². The topological polar surface area (TPSA) is 92.9 Å². The zero-order valence-electron chi connectivity index (χ0n) is 14.1. The van der Waals surface area contributed by atoms with Gasteiger partial charge in [0.25, 0.3) is 5.91 Å². The van der Waals surface area contributed by atoms with E-state index in [1.54, 1.807) is 31.2 Å². The molecule has 0 radical (unpaired) electrons. The molecule has 1 unspecified atom stereocenters. The van der Waals surface area contributed by atoms with Gasteiger partial charge in [-0.05, 0) is 32.9 Å². The monoisotopic (exact) mass is 332 g/mol. The van der Waals surface area contributed by atoms with Crippen molar-refractivity contribution in [2.75, 3.05) is 7.05 Å². The lowest BCUT2D eigenvalue weighted by atomic mass is 10.1. The molecule has 7 nitrogen and oxygen atoms in total. The van der Waals surface area contributed by atoms with Gasteiger partial charge >= 0.3 is 5.97 Å². The van der Waals surface area contributed by atoms with E-state index < -0.39 is 17.9 Å². The first-order valence-corrected chi connectivity index (χ1v) is 7.46. The zero-order chi connectivity index (χ0) is 17.9. The predicted molar refractivity (Wildman–Crippen MR) is 85.9 cm³/mol. The number of aliphatic carboxylic acids is 1. The summed E-state index contributed by atoms with van der Waals surface area (Å²) in [6.07, 6.45) is 0. The first-order chi connectivity index (χ1) is 11.3. The fourth-order valence-electron chi connectivity index (χ4n) is 2.16. The van der Waals surface area contributed by atoms with Crippen LogP contribution in [0.5, 0.6) is 5.75 Å². The summed E-state index contributed by atoms with van der Waals surface area (Å²) in [7, 11) is 1.45. The van der Waals surface area contributed by atoms with Crippen LogP contribution in [0.2, 0.25) is 0 Å². The highest BCUT2D eigenvalue weighted by molar-refractivity contribution is 5.98. The number of hydrogen-bond donors (Lipinski definition) is 1. The Labute approximate surface area is 139 Å². The Bertz CT molecular complexity index is 734. The van der Waals surface area contributed by atoms with Crippen LogP contribution in [0.3, 0.4) is 0 Å². The molecule has 1 amide bonds. The molecule has 0 spiro atoms. The molecule has 0 aliphatic carbocycles. The number of carbonyl (C=O) groups excluding carboxylic acids is 1. The van der Waals surface area contributed by atoms with Crippen LogP contribution in [0.1, 0.15) is 34.3 Å². The van der Waals surface area contributed by atoms with Gasteiger partial charge in [-0.1, -0.05) is 17.3 Å². The van der Waals surface area contributed by atoms with Crippen molar-refractivity contribution in [1.82, 2.24) is 10.1 Å². The van der Waals surface area contributed by atoms with Gasteiger partial charge in [0.1, 0.15) is 24.2 Å². The van der Waals surface area contributed by atoms with Gasteiger partial charge in [0.15, 0.2) is 0 Å². The molecule has 1 aromatic carbocycles. The number of ether oxygens (including phenoxy) is 1. The molecule has 2 aromatic rings.